The average molecular weight is 464 g/mol. The van der Waals surface area contributed by atoms with E-state index in [-0.39, 0.29) is 23.9 Å². The summed E-state index contributed by atoms with van der Waals surface area (Å²) in [5.41, 5.74) is 8.49. The summed E-state index contributed by atoms with van der Waals surface area (Å²) in [4.78, 5) is 28.3. The predicted octanol–water partition coefficient (Wildman–Crippen LogP) is 5.13. The Morgan fingerprint density at radius 3 is 2.35 bits per heavy atom. The molecule has 34 heavy (non-hydrogen) atoms. The molecule has 0 bridgehead atoms. The highest BCUT2D eigenvalue weighted by Gasteiger charge is 2.32. The van der Waals surface area contributed by atoms with Gasteiger partial charge < -0.3 is 20.7 Å². The van der Waals surface area contributed by atoms with Crippen LogP contribution in [-0.4, -0.2) is 35.9 Å². The van der Waals surface area contributed by atoms with Gasteiger partial charge in [0.15, 0.2) is 0 Å². The van der Waals surface area contributed by atoms with Gasteiger partial charge in [-0.1, -0.05) is 37.5 Å². The molecule has 2 aromatic carbocycles. The lowest BCUT2D eigenvalue weighted by Gasteiger charge is -2.39. The van der Waals surface area contributed by atoms with Crippen LogP contribution < -0.4 is 15.8 Å². The number of ether oxygens (including phenoxy) is 1. The molecule has 0 heterocycles. The number of carbonyl (C=O) groups excluding carboxylic acids is 2. The van der Waals surface area contributed by atoms with Gasteiger partial charge in [0.25, 0.3) is 5.91 Å². The third-order valence-corrected chi connectivity index (χ3v) is 7.32. The van der Waals surface area contributed by atoms with E-state index in [0.29, 0.717) is 23.8 Å². The van der Waals surface area contributed by atoms with Crippen LogP contribution in [0.1, 0.15) is 73.7 Å². The molecule has 2 fully saturated rings. The van der Waals surface area contributed by atoms with Gasteiger partial charge in [-0.05, 0) is 74.4 Å². The van der Waals surface area contributed by atoms with Crippen LogP contribution in [0.3, 0.4) is 0 Å². The van der Waals surface area contributed by atoms with E-state index in [1.807, 2.05) is 30.3 Å². The molecule has 6 nitrogen and oxygen atoms in total. The van der Waals surface area contributed by atoms with Gasteiger partial charge in [-0.15, -0.1) is 0 Å². The van der Waals surface area contributed by atoms with Crippen molar-refractivity contribution in [1.29, 1.82) is 0 Å². The van der Waals surface area contributed by atoms with E-state index in [1.165, 1.54) is 6.42 Å². The van der Waals surface area contributed by atoms with Crippen LogP contribution >= 0.6 is 0 Å². The molecule has 0 saturated heterocycles. The summed E-state index contributed by atoms with van der Waals surface area (Å²) in [6.07, 6.45) is 9.49. The number of nitrogens with one attached hydrogen (secondary N) is 1. The number of amides is 2. The van der Waals surface area contributed by atoms with E-state index in [0.717, 1.165) is 62.6 Å². The van der Waals surface area contributed by atoms with E-state index in [2.05, 4.69) is 10.2 Å². The van der Waals surface area contributed by atoms with Crippen molar-refractivity contribution in [3.05, 3.63) is 59.7 Å². The molecule has 0 atom stereocenters. The van der Waals surface area contributed by atoms with Crippen LogP contribution in [0.25, 0.3) is 0 Å². The molecule has 2 aliphatic rings. The van der Waals surface area contributed by atoms with E-state index in [9.17, 15) is 9.59 Å². The van der Waals surface area contributed by atoms with Crippen LogP contribution in [-0.2, 0) is 11.3 Å². The minimum absolute atomic E-state index is 0.158. The number of nitrogens with two attached hydrogens (primary N) is 1. The van der Waals surface area contributed by atoms with Gasteiger partial charge >= 0.3 is 0 Å². The van der Waals surface area contributed by atoms with Crippen molar-refractivity contribution >= 4 is 17.5 Å². The molecule has 0 aliphatic heterocycles. The molecule has 3 N–H and O–H groups in total. The molecule has 6 heteroatoms. The highest BCUT2D eigenvalue weighted by Crippen LogP contribution is 2.30. The van der Waals surface area contributed by atoms with Gasteiger partial charge in [-0.2, -0.15) is 0 Å². The second kappa shape index (κ2) is 11.5. The quantitative estimate of drug-likeness (QED) is 0.596. The monoisotopic (exact) mass is 463 g/mol. The smallest absolute Gasteiger partial charge is 0.255 e. The Kier molecular flexibility index (Phi) is 8.22. The SMILES string of the molecule is COc1cccc(C(=O)Nc2ccc(CN(C(=O)C3CCCCC3)C3CCC(N)CC3)cc2)c1. The van der Waals surface area contributed by atoms with Crippen LogP contribution in [0.15, 0.2) is 48.5 Å². The summed E-state index contributed by atoms with van der Waals surface area (Å²) in [7, 11) is 1.58. The van der Waals surface area contributed by atoms with Crippen LogP contribution in [0.2, 0.25) is 0 Å². The summed E-state index contributed by atoms with van der Waals surface area (Å²) in [6.45, 7) is 0.610. The predicted molar refractivity (Wildman–Crippen MR) is 135 cm³/mol. The van der Waals surface area contributed by atoms with Crippen molar-refractivity contribution in [1.82, 2.24) is 4.90 Å². The molecule has 0 spiro atoms. The Bertz CT molecular complexity index is 961. The molecule has 4 rings (SSSR count). The summed E-state index contributed by atoms with van der Waals surface area (Å²) >= 11 is 0. The molecule has 0 aromatic heterocycles. The number of rotatable bonds is 7. The number of carbonyl (C=O) groups is 2. The van der Waals surface area contributed by atoms with Gasteiger partial charge in [-0.3, -0.25) is 9.59 Å². The highest BCUT2D eigenvalue weighted by atomic mass is 16.5. The number of hydrogen-bond acceptors (Lipinski definition) is 4. The molecule has 0 radical (unpaired) electrons. The summed E-state index contributed by atoms with van der Waals surface area (Å²) < 4.78 is 5.21. The van der Waals surface area contributed by atoms with Crippen molar-refractivity contribution in [2.24, 2.45) is 11.7 Å². The number of methoxy groups -OCH3 is 1. The fraction of sp³-hybridized carbons (Fsp3) is 0.500. The number of anilines is 1. The molecule has 182 valence electrons. The van der Waals surface area contributed by atoms with Crippen LogP contribution in [0.5, 0.6) is 5.75 Å². The number of nitrogens with zero attached hydrogens (tertiary/aromatic N) is 1. The first-order chi connectivity index (χ1) is 16.5. The lowest BCUT2D eigenvalue weighted by Crippen LogP contribution is -2.46. The molecule has 2 amide bonds. The van der Waals surface area contributed by atoms with Gasteiger partial charge in [0.1, 0.15) is 5.75 Å². The van der Waals surface area contributed by atoms with Gasteiger partial charge in [0.2, 0.25) is 5.91 Å². The Morgan fingerprint density at radius 2 is 1.68 bits per heavy atom. The maximum absolute atomic E-state index is 13.5. The van der Waals surface area contributed by atoms with Crippen LogP contribution in [0.4, 0.5) is 5.69 Å². The molecule has 2 aromatic rings. The largest absolute Gasteiger partial charge is 0.497 e. The molecular weight excluding hydrogens is 426 g/mol. The molecule has 2 aliphatic carbocycles. The Hall–Kier alpha value is -2.86. The van der Waals surface area contributed by atoms with E-state index in [4.69, 9.17) is 10.5 Å². The molecule has 2 saturated carbocycles. The second-order valence-electron chi connectivity index (χ2n) is 9.75. The van der Waals surface area contributed by atoms with Crippen molar-refractivity contribution in [2.75, 3.05) is 12.4 Å². The second-order valence-corrected chi connectivity index (χ2v) is 9.75. The van der Waals surface area contributed by atoms with Crippen molar-refractivity contribution in [2.45, 2.75) is 76.4 Å². The van der Waals surface area contributed by atoms with Crippen molar-refractivity contribution < 1.29 is 14.3 Å². The Morgan fingerprint density at radius 1 is 0.971 bits per heavy atom. The fourth-order valence-corrected chi connectivity index (χ4v) is 5.24. The maximum Gasteiger partial charge on any atom is 0.255 e. The van der Waals surface area contributed by atoms with Gasteiger partial charge in [0.05, 0.1) is 7.11 Å². The van der Waals surface area contributed by atoms with E-state index < -0.39 is 0 Å². The minimum Gasteiger partial charge on any atom is -0.497 e. The normalized spacial score (nSPS) is 21.0. The zero-order valence-corrected chi connectivity index (χ0v) is 20.2. The third kappa shape index (κ3) is 6.17. The Balaban J connectivity index is 1.43. The number of hydrogen-bond donors (Lipinski definition) is 2. The molecule has 0 unspecified atom stereocenters. The average Bonchev–Trinajstić information content (AvgIpc) is 2.89. The maximum atomic E-state index is 13.5. The molecular formula is C28H37N3O3. The number of benzene rings is 2. The van der Waals surface area contributed by atoms with Crippen molar-refractivity contribution in [3.63, 3.8) is 0 Å². The van der Waals surface area contributed by atoms with Gasteiger partial charge in [0, 0.05) is 35.8 Å². The summed E-state index contributed by atoms with van der Waals surface area (Å²) in [5.74, 6) is 0.940. The topological polar surface area (TPSA) is 84.7 Å². The van der Waals surface area contributed by atoms with Gasteiger partial charge in [-0.25, -0.2) is 0 Å². The zero-order valence-electron chi connectivity index (χ0n) is 20.2. The van der Waals surface area contributed by atoms with Crippen LogP contribution in [0, 0.1) is 5.92 Å². The van der Waals surface area contributed by atoms with Crippen molar-refractivity contribution in [3.8, 4) is 5.75 Å². The standard InChI is InChI=1S/C28H37N3O3/c1-34-26-9-5-8-22(18-26)27(32)30-24-14-10-20(11-15-24)19-31(25-16-12-23(29)13-17-25)28(33)21-6-3-2-4-7-21/h5,8-11,14-15,18,21,23,25H,2-4,6-7,12-13,16-17,19,29H2,1H3,(H,30,32). The lowest BCUT2D eigenvalue weighted by atomic mass is 9.85. The summed E-state index contributed by atoms with van der Waals surface area (Å²) in [6, 6.07) is 15.5. The first-order valence-electron chi connectivity index (χ1n) is 12.6. The Labute approximate surface area is 202 Å². The fourth-order valence-electron chi connectivity index (χ4n) is 5.24. The summed E-state index contributed by atoms with van der Waals surface area (Å²) in [5, 5.41) is 2.94. The third-order valence-electron chi connectivity index (χ3n) is 7.32. The first kappa shape index (κ1) is 24.3. The first-order valence-corrected chi connectivity index (χ1v) is 12.6. The van der Waals surface area contributed by atoms with E-state index in [1.54, 1.807) is 25.3 Å². The minimum atomic E-state index is -0.181. The zero-order chi connectivity index (χ0) is 23.9. The van der Waals surface area contributed by atoms with E-state index >= 15 is 0 Å². The lowest BCUT2D eigenvalue weighted by molar-refractivity contribution is -0.140. The highest BCUT2D eigenvalue weighted by molar-refractivity contribution is 6.04.